The van der Waals surface area contributed by atoms with E-state index in [9.17, 15) is 4.79 Å². The Kier molecular flexibility index (Phi) is 5.03. The van der Waals surface area contributed by atoms with Crippen molar-refractivity contribution in [3.8, 4) is 0 Å². The fraction of sp³-hybridized carbons (Fsp3) is 0.462. The third-order valence-corrected chi connectivity index (χ3v) is 3.74. The summed E-state index contributed by atoms with van der Waals surface area (Å²) >= 11 is 9.24. The number of nitrogens with one attached hydrogen (secondary N) is 2. The average molecular weight is 332 g/mol. The molecule has 5 heteroatoms. The number of carbonyl (C=O) groups excluding carboxylic acids is 1. The second-order valence-electron chi connectivity index (χ2n) is 4.50. The van der Waals surface area contributed by atoms with Gasteiger partial charge >= 0.3 is 0 Å². The van der Waals surface area contributed by atoms with Crippen LogP contribution in [0.15, 0.2) is 22.7 Å². The van der Waals surface area contributed by atoms with Crippen molar-refractivity contribution in [2.24, 2.45) is 0 Å². The van der Waals surface area contributed by atoms with E-state index >= 15 is 0 Å². The van der Waals surface area contributed by atoms with E-state index in [1.807, 2.05) is 0 Å². The first-order valence-corrected chi connectivity index (χ1v) is 7.30. The Balaban J connectivity index is 1.83. The molecule has 0 radical (unpaired) electrons. The summed E-state index contributed by atoms with van der Waals surface area (Å²) in [6, 6.07) is 5.77. The van der Waals surface area contributed by atoms with Gasteiger partial charge in [0.25, 0.3) is 5.91 Å². The van der Waals surface area contributed by atoms with Crippen LogP contribution in [0, 0.1) is 0 Å². The highest BCUT2D eigenvalue weighted by molar-refractivity contribution is 9.10. The summed E-state index contributed by atoms with van der Waals surface area (Å²) in [5, 5.41) is 6.89. The van der Waals surface area contributed by atoms with E-state index in [0.29, 0.717) is 23.2 Å². The molecule has 1 aromatic carbocycles. The van der Waals surface area contributed by atoms with Gasteiger partial charge in [-0.1, -0.05) is 27.5 Å². The summed E-state index contributed by atoms with van der Waals surface area (Å²) in [5.41, 5.74) is 0.591. The first-order valence-electron chi connectivity index (χ1n) is 6.13. The Hall–Kier alpha value is -0.580. The molecule has 3 nitrogen and oxygen atoms in total. The summed E-state index contributed by atoms with van der Waals surface area (Å²) in [7, 11) is 0. The fourth-order valence-electron chi connectivity index (χ4n) is 2.15. The molecule has 0 aromatic heterocycles. The summed E-state index contributed by atoms with van der Waals surface area (Å²) in [6.07, 6.45) is 3.42. The molecule has 2 N–H and O–H groups in total. The van der Waals surface area contributed by atoms with Gasteiger partial charge in [0.05, 0.1) is 0 Å². The Morgan fingerprint density at radius 1 is 1.50 bits per heavy atom. The van der Waals surface area contributed by atoms with Gasteiger partial charge in [0.1, 0.15) is 0 Å². The molecule has 1 aliphatic heterocycles. The molecular weight excluding hydrogens is 316 g/mol. The maximum Gasteiger partial charge on any atom is 0.251 e. The van der Waals surface area contributed by atoms with Crippen LogP contribution in [0.3, 0.4) is 0 Å². The highest BCUT2D eigenvalue weighted by Crippen LogP contribution is 2.19. The quantitative estimate of drug-likeness (QED) is 0.890. The lowest BCUT2D eigenvalue weighted by Gasteiger charge is -2.11. The third kappa shape index (κ3) is 3.97. The Labute approximate surface area is 120 Å². The van der Waals surface area contributed by atoms with Gasteiger partial charge in [0, 0.05) is 27.6 Å². The lowest BCUT2D eigenvalue weighted by molar-refractivity contribution is 0.0952. The van der Waals surface area contributed by atoms with Gasteiger partial charge in [-0.05, 0) is 44.0 Å². The van der Waals surface area contributed by atoms with Crippen molar-refractivity contribution in [2.45, 2.75) is 25.3 Å². The highest BCUT2D eigenvalue weighted by atomic mass is 79.9. The van der Waals surface area contributed by atoms with Gasteiger partial charge < -0.3 is 10.6 Å². The minimum atomic E-state index is -0.0730. The molecule has 1 heterocycles. The van der Waals surface area contributed by atoms with Crippen molar-refractivity contribution in [3.63, 3.8) is 0 Å². The molecule has 0 aliphatic carbocycles. The lowest BCUT2D eigenvalue weighted by atomic mass is 10.1. The largest absolute Gasteiger partial charge is 0.352 e. The van der Waals surface area contributed by atoms with Crippen LogP contribution in [0.2, 0.25) is 5.02 Å². The van der Waals surface area contributed by atoms with Crippen molar-refractivity contribution in [3.05, 3.63) is 33.3 Å². The normalized spacial score (nSPS) is 18.9. The predicted molar refractivity (Wildman–Crippen MR) is 77.1 cm³/mol. The zero-order valence-corrected chi connectivity index (χ0v) is 12.4. The Morgan fingerprint density at radius 3 is 3.00 bits per heavy atom. The van der Waals surface area contributed by atoms with E-state index in [0.717, 1.165) is 17.4 Å². The van der Waals surface area contributed by atoms with Crippen LogP contribution in [0.5, 0.6) is 0 Å². The predicted octanol–water partition coefficient (Wildman–Crippen LogP) is 2.97. The molecular formula is C13H16BrClN2O. The van der Waals surface area contributed by atoms with Crippen molar-refractivity contribution in [1.82, 2.24) is 10.6 Å². The minimum absolute atomic E-state index is 0.0730. The molecule has 2 rings (SSSR count). The minimum Gasteiger partial charge on any atom is -0.352 e. The van der Waals surface area contributed by atoms with Crippen LogP contribution >= 0.6 is 27.5 Å². The maximum atomic E-state index is 11.9. The van der Waals surface area contributed by atoms with Crippen LogP contribution in [0.25, 0.3) is 0 Å². The number of carbonyl (C=O) groups is 1. The molecule has 1 fully saturated rings. The first kappa shape index (κ1) is 13.8. The van der Waals surface area contributed by atoms with Gasteiger partial charge in [-0.2, -0.15) is 0 Å². The van der Waals surface area contributed by atoms with Crippen molar-refractivity contribution >= 4 is 33.4 Å². The Bertz CT molecular complexity index is 413. The van der Waals surface area contributed by atoms with Gasteiger partial charge in [0.2, 0.25) is 0 Å². The number of amides is 1. The van der Waals surface area contributed by atoms with Gasteiger partial charge in [0.15, 0.2) is 0 Å². The van der Waals surface area contributed by atoms with E-state index < -0.39 is 0 Å². The molecule has 98 valence electrons. The molecule has 1 unspecified atom stereocenters. The smallest absolute Gasteiger partial charge is 0.251 e. The molecule has 1 aliphatic rings. The Morgan fingerprint density at radius 2 is 2.33 bits per heavy atom. The van der Waals surface area contributed by atoms with E-state index in [-0.39, 0.29) is 5.91 Å². The molecule has 1 atom stereocenters. The summed E-state index contributed by atoms with van der Waals surface area (Å²) in [6.45, 7) is 1.79. The molecule has 18 heavy (non-hydrogen) atoms. The summed E-state index contributed by atoms with van der Waals surface area (Å²) in [4.78, 5) is 11.9. The van der Waals surface area contributed by atoms with Crippen LogP contribution < -0.4 is 10.6 Å². The number of hydrogen-bond acceptors (Lipinski definition) is 2. The summed E-state index contributed by atoms with van der Waals surface area (Å²) in [5.74, 6) is -0.0730. The lowest BCUT2D eigenvalue weighted by Crippen LogP contribution is -2.30. The fourth-order valence-corrected chi connectivity index (χ4v) is 3.01. The number of rotatable bonds is 4. The molecule has 1 amide bonds. The van der Waals surface area contributed by atoms with E-state index in [1.165, 1.54) is 12.8 Å². The van der Waals surface area contributed by atoms with Gasteiger partial charge in [-0.25, -0.2) is 0 Å². The number of halogens is 2. The topological polar surface area (TPSA) is 41.1 Å². The molecule has 1 aromatic rings. The second kappa shape index (κ2) is 6.55. The molecule has 0 saturated carbocycles. The van der Waals surface area contributed by atoms with Crippen molar-refractivity contribution < 1.29 is 4.79 Å². The molecule has 0 spiro atoms. The van der Waals surface area contributed by atoms with Gasteiger partial charge in [-0.15, -0.1) is 0 Å². The number of hydrogen-bond donors (Lipinski definition) is 2. The highest BCUT2D eigenvalue weighted by Gasteiger charge is 2.14. The molecule has 1 saturated heterocycles. The first-order chi connectivity index (χ1) is 8.65. The zero-order chi connectivity index (χ0) is 13.0. The van der Waals surface area contributed by atoms with Crippen LogP contribution in [0.4, 0.5) is 0 Å². The zero-order valence-electron chi connectivity index (χ0n) is 10.0. The van der Waals surface area contributed by atoms with Gasteiger partial charge in [-0.3, -0.25) is 4.79 Å². The van der Waals surface area contributed by atoms with Crippen molar-refractivity contribution in [1.29, 1.82) is 0 Å². The SMILES string of the molecule is O=C(NCCC1CCCN1)c1cc(Cl)cc(Br)c1. The monoisotopic (exact) mass is 330 g/mol. The standard InChI is InChI=1S/C13H16BrClN2O/c14-10-6-9(7-11(15)8-10)13(18)17-5-3-12-2-1-4-16-12/h6-8,12,16H,1-5H2,(H,17,18). The van der Waals surface area contributed by atoms with Crippen LogP contribution in [-0.2, 0) is 0 Å². The van der Waals surface area contributed by atoms with E-state index in [4.69, 9.17) is 11.6 Å². The third-order valence-electron chi connectivity index (χ3n) is 3.07. The van der Waals surface area contributed by atoms with E-state index in [2.05, 4.69) is 26.6 Å². The van der Waals surface area contributed by atoms with E-state index in [1.54, 1.807) is 18.2 Å². The average Bonchev–Trinajstić information content (AvgIpc) is 2.80. The number of benzene rings is 1. The maximum absolute atomic E-state index is 11.9. The van der Waals surface area contributed by atoms with Crippen molar-refractivity contribution in [2.75, 3.05) is 13.1 Å². The van der Waals surface area contributed by atoms with Crippen LogP contribution in [0.1, 0.15) is 29.6 Å². The molecule has 0 bridgehead atoms. The summed E-state index contributed by atoms with van der Waals surface area (Å²) < 4.78 is 0.817. The van der Waals surface area contributed by atoms with Crippen LogP contribution in [-0.4, -0.2) is 25.0 Å². The second-order valence-corrected chi connectivity index (χ2v) is 5.85.